The maximum absolute atomic E-state index is 11.9. The van der Waals surface area contributed by atoms with Gasteiger partial charge in [-0.3, -0.25) is 0 Å². The van der Waals surface area contributed by atoms with E-state index in [0.29, 0.717) is 13.1 Å². The minimum Gasteiger partial charge on any atom is -0.406 e. The van der Waals surface area contributed by atoms with Gasteiger partial charge >= 0.3 is 6.36 Å². The molecule has 0 heterocycles. The molecule has 1 N–H and O–H groups in total. The lowest BCUT2D eigenvalue weighted by Crippen LogP contribution is -2.17. The van der Waals surface area contributed by atoms with Crippen molar-refractivity contribution in [3.8, 4) is 5.75 Å². The number of hydrogen-bond donors (Lipinski definition) is 1. The molecule has 0 aliphatic rings. The first-order valence-corrected chi connectivity index (χ1v) is 5.55. The van der Waals surface area contributed by atoms with Crippen molar-refractivity contribution in [2.75, 3.05) is 6.54 Å². The van der Waals surface area contributed by atoms with Crippen LogP contribution in [0.5, 0.6) is 5.75 Å². The van der Waals surface area contributed by atoms with Crippen LogP contribution in [-0.2, 0) is 6.54 Å². The molecule has 0 fully saturated rings. The highest BCUT2D eigenvalue weighted by atomic mass is 79.9. The van der Waals surface area contributed by atoms with Crippen molar-refractivity contribution in [2.45, 2.75) is 12.9 Å². The number of nitrogens with one attached hydrogen (secondary N) is 1. The fraction of sp³-hybridized carbons (Fsp3) is 0.273. The summed E-state index contributed by atoms with van der Waals surface area (Å²) in [5.74, 6) is -0.217. The summed E-state index contributed by atoms with van der Waals surface area (Å²) < 4.78 is 40.2. The zero-order valence-corrected chi connectivity index (χ0v) is 10.4. The minimum absolute atomic E-state index is 0.217. The normalized spacial score (nSPS) is 11.3. The maximum Gasteiger partial charge on any atom is 0.573 e. The van der Waals surface area contributed by atoms with Gasteiger partial charge in [-0.25, -0.2) is 0 Å². The van der Waals surface area contributed by atoms with Gasteiger partial charge in [0.25, 0.3) is 0 Å². The van der Waals surface area contributed by atoms with Crippen molar-refractivity contribution >= 4 is 15.9 Å². The molecule has 0 saturated heterocycles. The van der Waals surface area contributed by atoms with Crippen LogP contribution in [0.2, 0.25) is 0 Å². The van der Waals surface area contributed by atoms with E-state index in [1.807, 2.05) is 0 Å². The van der Waals surface area contributed by atoms with Crippen molar-refractivity contribution in [2.24, 2.45) is 0 Å². The smallest absolute Gasteiger partial charge is 0.406 e. The molecule has 17 heavy (non-hydrogen) atoms. The van der Waals surface area contributed by atoms with Crippen LogP contribution in [0.15, 0.2) is 35.3 Å². The largest absolute Gasteiger partial charge is 0.573 e. The number of hydrogen-bond acceptors (Lipinski definition) is 2. The Morgan fingerprint density at radius 3 is 2.35 bits per heavy atom. The van der Waals surface area contributed by atoms with Gasteiger partial charge in [0, 0.05) is 17.6 Å². The summed E-state index contributed by atoms with van der Waals surface area (Å²) in [6, 6.07) is 5.72. The topological polar surface area (TPSA) is 21.3 Å². The Bertz CT molecular complexity index is 375. The Balaban J connectivity index is 2.47. The standard InChI is InChI=1S/C11H11BrF3NO/c1-8(12)6-16-7-9-2-4-10(5-3-9)17-11(13,14)15/h2-5,16H,1,6-7H2. The summed E-state index contributed by atoms with van der Waals surface area (Å²) in [7, 11) is 0. The van der Waals surface area contributed by atoms with Crippen molar-refractivity contribution in [1.29, 1.82) is 0 Å². The van der Waals surface area contributed by atoms with E-state index in [4.69, 9.17) is 0 Å². The van der Waals surface area contributed by atoms with E-state index >= 15 is 0 Å². The third-order valence-electron chi connectivity index (χ3n) is 1.80. The second kappa shape index (κ2) is 6.07. The van der Waals surface area contributed by atoms with Gasteiger partial charge in [0.1, 0.15) is 5.75 Å². The first kappa shape index (κ1) is 14.1. The van der Waals surface area contributed by atoms with Crippen LogP contribution in [0.25, 0.3) is 0 Å². The molecule has 1 aromatic carbocycles. The van der Waals surface area contributed by atoms with Crippen molar-refractivity contribution in [3.63, 3.8) is 0 Å². The average Bonchev–Trinajstić information content (AvgIpc) is 2.18. The van der Waals surface area contributed by atoms with Crippen LogP contribution in [0.4, 0.5) is 13.2 Å². The number of ether oxygens (including phenoxy) is 1. The van der Waals surface area contributed by atoms with Crippen LogP contribution in [-0.4, -0.2) is 12.9 Å². The van der Waals surface area contributed by atoms with E-state index in [0.717, 1.165) is 10.0 Å². The highest BCUT2D eigenvalue weighted by Gasteiger charge is 2.30. The van der Waals surface area contributed by atoms with Crippen LogP contribution in [0, 0.1) is 0 Å². The predicted molar refractivity (Wildman–Crippen MR) is 62.9 cm³/mol. The SMILES string of the molecule is C=C(Br)CNCc1ccc(OC(F)(F)F)cc1. The van der Waals surface area contributed by atoms with E-state index in [1.165, 1.54) is 12.1 Å². The molecule has 1 aromatic rings. The molecule has 0 amide bonds. The van der Waals surface area contributed by atoms with Gasteiger partial charge in [-0.15, -0.1) is 13.2 Å². The molecule has 0 aliphatic heterocycles. The van der Waals surface area contributed by atoms with E-state index in [1.54, 1.807) is 12.1 Å². The third-order valence-corrected chi connectivity index (χ3v) is 2.08. The Kier molecular flexibility index (Phi) is 5.02. The molecule has 0 unspecified atom stereocenters. The van der Waals surface area contributed by atoms with E-state index in [9.17, 15) is 13.2 Å². The van der Waals surface area contributed by atoms with Crippen LogP contribution < -0.4 is 10.1 Å². The van der Waals surface area contributed by atoms with Crippen LogP contribution in [0.1, 0.15) is 5.56 Å². The number of alkyl halides is 3. The van der Waals surface area contributed by atoms with Gasteiger partial charge in [-0.1, -0.05) is 34.6 Å². The van der Waals surface area contributed by atoms with E-state index in [-0.39, 0.29) is 5.75 Å². The van der Waals surface area contributed by atoms with Gasteiger partial charge in [-0.2, -0.15) is 0 Å². The number of rotatable bonds is 5. The maximum atomic E-state index is 11.9. The molecular weight excluding hydrogens is 299 g/mol. The number of halogens is 4. The minimum atomic E-state index is -4.65. The Morgan fingerprint density at radius 2 is 1.88 bits per heavy atom. The van der Waals surface area contributed by atoms with Gasteiger partial charge in [0.2, 0.25) is 0 Å². The molecule has 0 spiro atoms. The molecule has 0 saturated carbocycles. The molecule has 0 radical (unpaired) electrons. The molecule has 0 atom stereocenters. The highest BCUT2D eigenvalue weighted by Crippen LogP contribution is 2.22. The highest BCUT2D eigenvalue weighted by molar-refractivity contribution is 9.11. The summed E-state index contributed by atoms with van der Waals surface area (Å²) >= 11 is 3.19. The van der Waals surface area contributed by atoms with Crippen LogP contribution in [0.3, 0.4) is 0 Å². The summed E-state index contributed by atoms with van der Waals surface area (Å²) in [6.07, 6.45) is -4.65. The molecule has 0 aliphatic carbocycles. The summed E-state index contributed by atoms with van der Waals surface area (Å²) in [4.78, 5) is 0. The summed E-state index contributed by atoms with van der Waals surface area (Å²) in [6.45, 7) is 4.80. The van der Waals surface area contributed by atoms with Crippen molar-refractivity contribution in [1.82, 2.24) is 5.32 Å². The lowest BCUT2D eigenvalue weighted by atomic mass is 10.2. The molecule has 6 heteroatoms. The first-order valence-electron chi connectivity index (χ1n) is 4.75. The lowest BCUT2D eigenvalue weighted by molar-refractivity contribution is -0.274. The molecule has 1 rings (SSSR count). The predicted octanol–water partition coefficient (Wildman–Crippen LogP) is 3.58. The zero-order chi connectivity index (χ0) is 12.9. The lowest BCUT2D eigenvalue weighted by Gasteiger charge is -2.09. The fourth-order valence-electron chi connectivity index (χ4n) is 1.15. The molecule has 2 nitrogen and oxygen atoms in total. The molecular formula is C11H11BrF3NO. The van der Waals surface area contributed by atoms with Gasteiger partial charge < -0.3 is 10.1 Å². The van der Waals surface area contributed by atoms with Crippen molar-refractivity contribution < 1.29 is 17.9 Å². The van der Waals surface area contributed by atoms with Crippen molar-refractivity contribution in [3.05, 3.63) is 40.9 Å². The Labute approximate surface area is 106 Å². The quantitative estimate of drug-likeness (QED) is 0.897. The Morgan fingerprint density at radius 1 is 1.29 bits per heavy atom. The van der Waals surface area contributed by atoms with Gasteiger partial charge in [-0.05, 0) is 17.7 Å². The van der Waals surface area contributed by atoms with E-state index < -0.39 is 6.36 Å². The van der Waals surface area contributed by atoms with Gasteiger partial charge in [0.15, 0.2) is 0 Å². The number of benzene rings is 1. The average molecular weight is 310 g/mol. The van der Waals surface area contributed by atoms with Crippen LogP contribution >= 0.6 is 15.9 Å². The monoisotopic (exact) mass is 309 g/mol. The second-order valence-corrected chi connectivity index (χ2v) is 4.43. The molecule has 0 aromatic heterocycles. The summed E-state index contributed by atoms with van der Waals surface area (Å²) in [5, 5.41) is 3.06. The Hall–Kier alpha value is -1.01. The first-order chi connectivity index (χ1) is 7.87. The third kappa shape index (κ3) is 6.33. The molecule has 94 valence electrons. The van der Waals surface area contributed by atoms with E-state index in [2.05, 4.69) is 32.6 Å². The van der Waals surface area contributed by atoms with Gasteiger partial charge in [0.05, 0.1) is 0 Å². The molecule has 0 bridgehead atoms. The summed E-state index contributed by atoms with van der Waals surface area (Å²) in [5.41, 5.74) is 0.869. The zero-order valence-electron chi connectivity index (χ0n) is 8.85. The fourth-order valence-corrected chi connectivity index (χ4v) is 1.35. The second-order valence-electron chi connectivity index (χ2n) is 3.31.